The monoisotopic (exact) mass is 335 g/mol. The Hall–Kier alpha value is -3.61. The minimum Gasteiger partial charge on any atom is -0.369 e. The van der Waals surface area contributed by atoms with Crippen LogP contribution < -0.4 is 11.1 Å². The molecule has 2 aromatic heterocycles. The van der Waals surface area contributed by atoms with Crippen molar-refractivity contribution in [2.24, 2.45) is 0 Å². The third kappa shape index (κ3) is 2.94. The number of anilines is 2. The van der Waals surface area contributed by atoms with Crippen LogP contribution in [0, 0.1) is 5.82 Å². The number of carbonyl (C=O) groups excluding carboxylic acids is 1. The first-order valence-electron chi connectivity index (χ1n) is 7.59. The number of hydrogen-bond donors (Lipinski definition) is 4. The molecule has 1 amide bonds. The number of hydrogen-bond acceptors (Lipinski definition) is 3. The van der Waals surface area contributed by atoms with Crippen molar-refractivity contribution >= 4 is 28.4 Å². The Balaban J connectivity index is 1.59. The Labute approximate surface area is 141 Å². The molecule has 0 fully saturated rings. The van der Waals surface area contributed by atoms with Crippen LogP contribution in [0.25, 0.3) is 22.2 Å². The van der Waals surface area contributed by atoms with Crippen LogP contribution in [0.2, 0.25) is 0 Å². The van der Waals surface area contributed by atoms with Gasteiger partial charge in [-0.2, -0.15) is 0 Å². The summed E-state index contributed by atoms with van der Waals surface area (Å²) in [4.78, 5) is 22.3. The van der Waals surface area contributed by atoms with Crippen molar-refractivity contribution in [2.45, 2.75) is 0 Å². The van der Waals surface area contributed by atoms with Crippen LogP contribution >= 0.6 is 0 Å². The predicted molar refractivity (Wildman–Crippen MR) is 94.6 cm³/mol. The third-order valence-corrected chi connectivity index (χ3v) is 3.85. The van der Waals surface area contributed by atoms with Gasteiger partial charge in [0.25, 0.3) is 5.91 Å². The van der Waals surface area contributed by atoms with Gasteiger partial charge in [-0.1, -0.05) is 12.1 Å². The molecule has 0 atom stereocenters. The molecule has 0 bridgehead atoms. The molecule has 4 rings (SSSR count). The van der Waals surface area contributed by atoms with Gasteiger partial charge in [-0.25, -0.2) is 9.37 Å². The van der Waals surface area contributed by atoms with E-state index in [4.69, 9.17) is 5.73 Å². The van der Waals surface area contributed by atoms with Crippen molar-refractivity contribution in [2.75, 3.05) is 11.1 Å². The van der Waals surface area contributed by atoms with Crippen molar-refractivity contribution in [3.8, 4) is 11.3 Å². The van der Waals surface area contributed by atoms with E-state index in [1.54, 1.807) is 24.4 Å². The van der Waals surface area contributed by atoms with Crippen LogP contribution in [0.15, 0.2) is 54.7 Å². The Morgan fingerprint density at radius 1 is 1.12 bits per heavy atom. The number of amides is 1. The molecular formula is C18H14FN5O. The summed E-state index contributed by atoms with van der Waals surface area (Å²) in [5, 5.41) is 3.47. The number of halogens is 1. The summed E-state index contributed by atoms with van der Waals surface area (Å²) in [6.07, 6.45) is 1.63. The molecule has 6 nitrogen and oxygen atoms in total. The van der Waals surface area contributed by atoms with Gasteiger partial charge in [0.1, 0.15) is 11.5 Å². The standard InChI is InChI=1S/C18H14FN5O/c19-12-4-5-14-11(6-12)8-15(23-14)17(25)22-13-3-1-2-10(7-13)16-9-21-18(20)24-16/h1-9,23H,(H,22,25)(H3,20,21,24). The highest BCUT2D eigenvalue weighted by molar-refractivity contribution is 6.06. The molecule has 0 saturated heterocycles. The van der Waals surface area contributed by atoms with Crippen LogP contribution in [0.4, 0.5) is 16.0 Å². The number of aromatic nitrogens is 3. The zero-order valence-corrected chi connectivity index (χ0v) is 13.0. The van der Waals surface area contributed by atoms with E-state index in [9.17, 15) is 9.18 Å². The number of fused-ring (bicyclic) bond motifs is 1. The van der Waals surface area contributed by atoms with Crippen LogP contribution in [0.5, 0.6) is 0 Å². The molecule has 2 aromatic carbocycles. The van der Waals surface area contributed by atoms with E-state index in [1.807, 2.05) is 18.2 Å². The summed E-state index contributed by atoms with van der Waals surface area (Å²) in [5.41, 5.74) is 8.88. The summed E-state index contributed by atoms with van der Waals surface area (Å²) in [7, 11) is 0. The van der Waals surface area contributed by atoms with E-state index in [0.29, 0.717) is 28.2 Å². The highest BCUT2D eigenvalue weighted by Crippen LogP contribution is 2.22. The number of rotatable bonds is 3. The van der Waals surface area contributed by atoms with E-state index in [2.05, 4.69) is 20.3 Å². The lowest BCUT2D eigenvalue weighted by molar-refractivity contribution is 0.102. The van der Waals surface area contributed by atoms with Gasteiger partial charge in [-0.3, -0.25) is 4.79 Å². The molecule has 0 aliphatic carbocycles. The number of nitrogens with zero attached hydrogens (tertiary/aromatic N) is 1. The van der Waals surface area contributed by atoms with Crippen molar-refractivity contribution in [1.82, 2.24) is 15.0 Å². The fourth-order valence-corrected chi connectivity index (χ4v) is 2.67. The molecule has 7 heteroatoms. The Bertz CT molecular complexity index is 1080. The SMILES string of the molecule is Nc1ncc(-c2cccc(NC(=O)c3cc4cc(F)ccc4[nH]3)c2)[nH]1. The molecule has 4 aromatic rings. The zero-order valence-electron chi connectivity index (χ0n) is 13.0. The highest BCUT2D eigenvalue weighted by Gasteiger charge is 2.11. The Morgan fingerprint density at radius 3 is 2.80 bits per heavy atom. The van der Waals surface area contributed by atoms with Gasteiger partial charge < -0.3 is 21.0 Å². The molecule has 0 saturated carbocycles. The number of imidazole rings is 1. The minimum atomic E-state index is -0.343. The number of benzene rings is 2. The van der Waals surface area contributed by atoms with Gasteiger partial charge >= 0.3 is 0 Å². The molecule has 5 N–H and O–H groups in total. The lowest BCUT2D eigenvalue weighted by Gasteiger charge is -2.05. The topological polar surface area (TPSA) is 99.6 Å². The van der Waals surface area contributed by atoms with Crippen LogP contribution in [0.3, 0.4) is 0 Å². The van der Waals surface area contributed by atoms with Gasteiger partial charge in [0, 0.05) is 22.2 Å². The lowest BCUT2D eigenvalue weighted by atomic mass is 10.1. The average Bonchev–Trinajstić information content (AvgIpc) is 3.21. The lowest BCUT2D eigenvalue weighted by Crippen LogP contribution is -2.12. The molecule has 0 aliphatic heterocycles. The molecule has 0 spiro atoms. The van der Waals surface area contributed by atoms with Crippen LogP contribution in [-0.4, -0.2) is 20.9 Å². The third-order valence-electron chi connectivity index (χ3n) is 3.85. The fraction of sp³-hybridized carbons (Fsp3) is 0. The summed E-state index contributed by atoms with van der Waals surface area (Å²) in [5.74, 6) is -0.322. The van der Waals surface area contributed by atoms with Gasteiger partial charge in [-0.15, -0.1) is 0 Å². The average molecular weight is 335 g/mol. The maximum Gasteiger partial charge on any atom is 0.272 e. The van der Waals surface area contributed by atoms with E-state index >= 15 is 0 Å². The Kier molecular flexibility index (Phi) is 3.46. The van der Waals surface area contributed by atoms with Gasteiger partial charge in [0.05, 0.1) is 11.9 Å². The van der Waals surface area contributed by atoms with Crippen LogP contribution in [0.1, 0.15) is 10.5 Å². The second-order valence-electron chi connectivity index (χ2n) is 5.63. The van der Waals surface area contributed by atoms with Gasteiger partial charge in [-0.05, 0) is 36.4 Å². The summed E-state index contributed by atoms with van der Waals surface area (Å²) in [6, 6.07) is 13.2. The number of nitrogens with two attached hydrogens (primary N) is 1. The van der Waals surface area contributed by atoms with Crippen molar-refractivity contribution in [1.29, 1.82) is 0 Å². The molecule has 25 heavy (non-hydrogen) atoms. The molecule has 124 valence electrons. The van der Waals surface area contributed by atoms with Crippen molar-refractivity contribution in [3.63, 3.8) is 0 Å². The zero-order chi connectivity index (χ0) is 17.4. The molecule has 0 aliphatic rings. The smallest absolute Gasteiger partial charge is 0.272 e. The second kappa shape index (κ2) is 5.79. The highest BCUT2D eigenvalue weighted by atomic mass is 19.1. The van der Waals surface area contributed by atoms with Crippen LogP contribution in [-0.2, 0) is 0 Å². The fourth-order valence-electron chi connectivity index (χ4n) is 2.67. The summed E-state index contributed by atoms with van der Waals surface area (Å²) < 4.78 is 13.3. The first kappa shape index (κ1) is 14.9. The molecular weight excluding hydrogens is 321 g/mol. The number of aromatic amines is 2. The van der Waals surface area contributed by atoms with Crippen molar-refractivity contribution in [3.05, 3.63) is 66.2 Å². The quantitative estimate of drug-likeness (QED) is 0.461. The number of nitrogens with one attached hydrogen (secondary N) is 3. The first-order chi connectivity index (χ1) is 12.1. The van der Waals surface area contributed by atoms with E-state index < -0.39 is 0 Å². The maximum atomic E-state index is 13.3. The molecule has 0 radical (unpaired) electrons. The largest absolute Gasteiger partial charge is 0.369 e. The normalized spacial score (nSPS) is 10.9. The maximum absolute atomic E-state index is 13.3. The number of carbonyl (C=O) groups is 1. The van der Waals surface area contributed by atoms with Gasteiger partial charge in [0.2, 0.25) is 0 Å². The van der Waals surface area contributed by atoms with E-state index in [0.717, 1.165) is 11.3 Å². The van der Waals surface area contributed by atoms with Crippen molar-refractivity contribution < 1.29 is 9.18 Å². The first-order valence-corrected chi connectivity index (χ1v) is 7.59. The number of H-pyrrole nitrogens is 2. The second-order valence-corrected chi connectivity index (χ2v) is 5.63. The molecule has 2 heterocycles. The minimum absolute atomic E-state index is 0.308. The molecule has 0 unspecified atom stereocenters. The summed E-state index contributed by atoms with van der Waals surface area (Å²) in [6.45, 7) is 0. The van der Waals surface area contributed by atoms with Gasteiger partial charge in [0.15, 0.2) is 5.95 Å². The summed E-state index contributed by atoms with van der Waals surface area (Å²) >= 11 is 0. The number of nitrogen functional groups attached to an aromatic ring is 1. The Morgan fingerprint density at radius 2 is 2.00 bits per heavy atom. The van der Waals surface area contributed by atoms with E-state index in [-0.39, 0.29) is 11.7 Å². The van der Waals surface area contributed by atoms with E-state index in [1.165, 1.54) is 12.1 Å². The predicted octanol–water partition coefficient (Wildman–Crippen LogP) is 3.53.